The van der Waals surface area contributed by atoms with Crippen molar-refractivity contribution in [2.24, 2.45) is 5.73 Å². The van der Waals surface area contributed by atoms with Crippen molar-refractivity contribution >= 4 is 24.8 Å². The Bertz CT molecular complexity index is 232. The fraction of sp³-hybridized carbons (Fsp3) is 0.400. The molecule has 0 atom stereocenters. The summed E-state index contributed by atoms with van der Waals surface area (Å²) in [7, 11) is 0. The third-order valence-electron chi connectivity index (χ3n) is 1.14. The average Bonchev–Trinajstić information content (AvgIpc) is 2.18. The first-order chi connectivity index (χ1) is 4.34. The summed E-state index contributed by atoms with van der Waals surface area (Å²) in [4.78, 5) is 10.7. The number of hydrogen-bond donors (Lipinski definition) is 3. The lowest BCUT2D eigenvalue weighted by Gasteiger charge is -1.84. The van der Waals surface area contributed by atoms with Crippen molar-refractivity contribution in [3.05, 3.63) is 22.1 Å². The summed E-state index contributed by atoms with van der Waals surface area (Å²) in [6.07, 6.45) is 2.27. The molecule has 11 heavy (non-hydrogen) atoms. The molecular weight excluding hydrogens is 189 g/mol. The first-order valence-electron chi connectivity index (χ1n) is 2.79. The predicted octanol–water partition coefficient (Wildman–Crippen LogP) is 0.0478. The molecule has 0 spiro atoms. The first kappa shape index (κ1) is 13.2. The van der Waals surface area contributed by atoms with Crippen LogP contribution in [-0.2, 0) is 6.42 Å². The lowest BCUT2D eigenvalue weighted by Crippen LogP contribution is -2.11. The van der Waals surface area contributed by atoms with E-state index in [0.717, 1.165) is 5.56 Å². The normalized spacial score (nSPS) is 8.09. The molecule has 1 rings (SSSR count). The highest BCUT2D eigenvalue weighted by Gasteiger charge is 1.95. The van der Waals surface area contributed by atoms with Gasteiger partial charge in [0, 0.05) is 11.8 Å². The summed E-state index contributed by atoms with van der Waals surface area (Å²) in [6, 6.07) is 0. The zero-order valence-corrected chi connectivity index (χ0v) is 7.43. The second-order valence-corrected chi connectivity index (χ2v) is 1.81. The summed E-state index contributed by atoms with van der Waals surface area (Å²) in [5, 5.41) is 5.01. The number of aromatic nitrogens is 2. The number of halogens is 2. The third kappa shape index (κ3) is 3.46. The highest BCUT2D eigenvalue weighted by molar-refractivity contribution is 5.85. The molecule has 0 aliphatic rings. The molecular formula is C5H11Cl2N3O. The average molecular weight is 200 g/mol. The van der Waals surface area contributed by atoms with E-state index in [-0.39, 0.29) is 30.4 Å². The molecule has 4 nitrogen and oxygen atoms in total. The monoisotopic (exact) mass is 199 g/mol. The van der Waals surface area contributed by atoms with Crippen molar-refractivity contribution in [3.8, 4) is 0 Å². The zero-order chi connectivity index (χ0) is 6.69. The molecule has 1 aromatic rings. The van der Waals surface area contributed by atoms with Gasteiger partial charge in [0.1, 0.15) is 0 Å². The highest BCUT2D eigenvalue weighted by Crippen LogP contribution is 1.84. The van der Waals surface area contributed by atoms with E-state index in [4.69, 9.17) is 5.73 Å². The first-order valence-corrected chi connectivity index (χ1v) is 2.79. The topological polar surface area (TPSA) is 74.7 Å². The molecule has 6 heteroatoms. The van der Waals surface area contributed by atoms with Gasteiger partial charge < -0.3 is 10.8 Å². The van der Waals surface area contributed by atoms with Crippen LogP contribution >= 0.6 is 24.8 Å². The van der Waals surface area contributed by atoms with E-state index in [9.17, 15) is 4.79 Å². The van der Waals surface area contributed by atoms with Gasteiger partial charge in [0.05, 0.1) is 0 Å². The second kappa shape index (κ2) is 6.27. The minimum absolute atomic E-state index is 0. The van der Waals surface area contributed by atoms with Crippen LogP contribution in [0.5, 0.6) is 0 Å². The van der Waals surface area contributed by atoms with E-state index in [1.165, 1.54) is 0 Å². The van der Waals surface area contributed by atoms with Gasteiger partial charge in [-0.05, 0) is 13.0 Å². The smallest absolute Gasteiger partial charge is 0.267 e. The van der Waals surface area contributed by atoms with E-state index < -0.39 is 0 Å². The minimum atomic E-state index is -0.0690. The van der Waals surface area contributed by atoms with Gasteiger partial charge in [0.25, 0.3) is 5.56 Å². The van der Waals surface area contributed by atoms with Gasteiger partial charge >= 0.3 is 0 Å². The maximum atomic E-state index is 10.7. The standard InChI is InChI=1S/C5H9N3O.2ClH/c6-2-1-4-3-7-8-5(4)9;;/h3H,1-2,6H2,(H2,7,8,9);2*1H. The molecule has 0 bridgehead atoms. The van der Waals surface area contributed by atoms with Gasteiger partial charge in [-0.1, -0.05) is 0 Å². The summed E-state index contributed by atoms with van der Waals surface area (Å²) >= 11 is 0. The summed E-state index contributed by atoms with van der Waals surface area (Å²) in [6.45, 7) is 0.515. The van der Waals surface area contributed by atoms with Crippen LogP contribution in [0, 0.1) is 0 Å². The van der Waals surface area contributed by atoms with Crippen LogP contribution in [0.4, 0.5) is 0 Å². The number of H-pyrrole nitrogens is 2. The lowest BCUT2D eigenvalue weighted by molar-refractivity contribution is 0.959. The van der Waals surface area contributed by atoms with Crippen molar-refractivity contribution < 1.29 is 0 Å². The number of nitrogens with one attached hydrogen (secondary N) is 2. The van der Waals surface area contributed by atoms with E-state index in [1.54, 1.807) is 6.20 Å². The van der Waals surface area contributed by atoms with Crippen LogP contribution in [0.2, 0.25) is 0 Å². The Morgan fingerprint density at radius 2 is 2.09 bits per heavy atom. The van der Waals surface area contributed by atoms with Crippen molar-refractivity contribution in [2.75, 3.05) is 6.54 Å². The van der Waals surface area contributed by atoms with Gasteiger partial charge in [-0.2, -0.15) is 0 Å². The molecule has 0 aromatic carbocycles. The molecule has 0 amide bonds. The third-order valence-corrected chi connectivity index (χ3v) is 1.14. The summed E-state index contributed by atoms with van der Waals surface area (Å²) in [5.74, 6) is 0. The fourth-order valence-electron chi connectivity index (χ4n) is 0.676. The Kier molecular flexibility index (Phi) is 7.51. The SMILES string of the molecule is Cl.Cl.NCCc1c[nH][nH]c1=O. The lowest BCUT2D eigenvalue weighted by atomic mass is 10.2. The minimum Gasteiger partial charge on any atom is -0.330 e. The zero-order valence-electron chi connectivity index (χ0n) is 5.79. The molecule has 0 saturated heterocycles. The Balaban J connectivity index is 0. The highest BCUT2D eigenvalue weighted by atomic mass is 35.5. The maximum Gasteiger partial charge on any atom is 0.267 e. The molecule has 0 unspecified atom stereocenters. The molecule has 4 N–H and O–H groups in total. The molecule has 0 fully saturated rings. The van der Waals surface area contributed by atoms with Crippen molar-refractivity contribution in [3.63, 3.8) is 0 Å². The molecule has 0 aliphatic carbocycles. The molecule has 0 aliphatic heterocycles. The van der Waals surface area contributed by atoms with E-state index in [2.05, 4.69) is 10.2 Å². The number of rotatable bonds is 2. The van der Waals surface area contributed by atoms with E-state index >= 15 is 0 Å². The van der Waals surface area contributed by atoms with Crippen LogP contribution in [0.25, 0.3) is 0 Å². The quantitative estimate of drug-likeness (QED) is 0.630. The second-order valence-electron chi connectivity index (χ2n) is 1.81. The van der Waals surface area contributed by atoms with Gasteiger partial charge in [0.2, 0.25) is 0 Å². The Morgan fingerprint density at radius 3 is 2.45 bits per heavy atom. The fourth-order valence-corrected chi connectivity index (χ4v) is 0.676. The van der Waals surface area contributed by atoms with Gasteiger partial charge in [-0.3, -0.25) is 9.89 Å². The van der Waals surface area contributed by atoms with Crippen LogP contribution in [0.15, 0.2) is 11.0 Å². The molecule has 0 saturated carbocycles. The number of hydrogen-bond acceptors (Lipinski definition) is 2. The molecule has 66 valence electrons. The maximum absolute atomic E-state index is 10.7. The van der Waals surface area contributed by atoms with Crippen LogP contribution in [0.1, 0.15) is 5.56 Å². The van der Waals surface area contributed by atoms with Gasteiger partial charge in [-0.15, -0.1) is 24.8 Å². The van der Waals surface area contributed by atoms with Crippen molar-refractivity contribution in [1.82, 2.24) is 10.2 Å². The predicted molar refractivity (Wildman–Crippen MR) is 48.7 cm³/mol. The van der Waals surface area contributed by atoms with Crippen molar-refractivity contribution in [2.45, 2.75) is 6.42 Å². The molecule has 1 aromatic heterocycles. The summed E-state index contributed by atoms with van der Waals surface area (Å²) in [5.41, 5.74) is 5.87. The van der Waals surface area contributed by atoms with Crippen LogP contribution < -0.4 is 11.3 Å². The largest absolute Gasteiger partial charge is 0.330 e. The van der Waals surface area contributed by atoms with Gasteiger partial charge in [-0.25, -0.2) is 0 Å². The van der Waals surface area contributed by atoms with Crippen LogP contribution in [-0.4, -0.2) is 16.7 Å². The number of nitrogens with two attached hydrogens (primary N) is 1. The van der Waals surface area contributed by atoms with Crippen molar-refractivity contribution in [1.29, 1.82) is 0 Å². The van der Waals surface area contributed by atoms with E-state index in [0.29, 0.717) is 13.0 Å². The summed E-state index contributed by atoms with van der Waals surface area (Å²) < 4.78 is 0. The Labute approximate surface area is 76.4 Å². The molecule has 0 radical (unpaired) electrons. The number of aromatic amines is 2. The Morgan fingerprint density at radius 1 is 1.45 bits per heavy atom. The van der Waals surface area contributed by atoms with E-state index in [1.807, 2.05) is 0 Å². The molecule has 1 heterocycles. The van der Waals surface area contributed by atoms with Crippen LogP contribution in [0.3, 0.4) is 0 Å². The Hall–Kier alpha value is -0.450. The van der Waals surface area contributed by atoms with Gasteiger partial charge in [0.15, 0.2) is 0 Å².